The van der Waals surface area contributed by atoms with Crippen molar-refractivity contribution in [1.29, 1.82) is 0 Å². The Bertz CT molecular complexity index is 1150. The van der Waals surface area contributed by atoms with Crippen LogP contribution in [-0.4, -0.2) is 19.7 Å². The topological polar surface area (TPSA) is 66.0 Å². The first-order valence-electron chi connectivity index (χ1n) is 9.71. The smallest absolute Gasteiger partial charge is 0.292 e. The molecule has 2 aliphatic carbocycles. The van der Waals surface area contributed by atoms with Crippen LogP contribution in [-0.2, 0) is 9.79 Å². The molecule has 4 bridgehead atoms. The lowest BCUT2D eigenvalue weighted by Gasteiger charge is -2.36. The second-order valence-corrected chi connectivity index (χ2v) is 8.18. The highest BCUT2D eigenvalue weighted by Crippen LogP contribution is 2.48. The van der Waals surface area contributed by atoms with Crippen molar-refractivity contribution >= 4 is 17.4 Å². The summed E-state index contributed by atoms with van der Waals surface area (Å²) >= 11 is 7.19. The number of aromatic nitrogens is 3. The van der Waals surface area contributed by atoms with Gasteiger partial charge in [0, 0.05) is 0 Å². The van der Waals surface area contributed by atoms with E-state index in [0.29, 0.717) is 24.1 Å². The molecule has 4 aliphatic rings. The highest BCUT2D eigenvalue weighted by atomic mass is 35.5. The zero-order valence-electron chi connectivity index (χ0n) is 15.3. The Kier molecular flexibility index (Phi) is 3.88. The SMILES string of the molecule is O=C1C=C2CCCCCCC3=C[C@H]1n1c(=O)n(-c4ccccc4)c(=O)n1[C@]23Cl. The van der Waals surface area contributed by atoms with Crippen molar-refractivity contribution in [3.63, 3.8) is 0 Å². The van der Waals surface area contributed by atoms with Gasteiger partial charge in [0.15, 0.2) is 10.8 Å². The summed E-state index contributed by atoms with van der Waals surface area (Å²) in [6.45, 7) is 0. The lowest BCUT2D eigenvalue weighted by molar-refractivity contribution is -0.116. The van der Waals surface area contributed by atoms with Crippen LogP contribution in [0.5, 0.6) is 0 Å². The van der Waals surface area contributed by atoms with Crippen molar-refractivity contribution in [3.8, 4) is 5.69 Å². The molecule has 2 aliphatic heterocycles. The number of fused-ring (bicyclic) bond motifs is 1. The quantitative estimate of drug-likeness (QED) is 0.548. The fraction of sp³-hybridized carbons (Fsp3) is 0.381. The summed E-state index contributed by atoms with van der Waals surface area (Å²) in [4.78, 5) is 38.4. The fourth-order valence-electron chi connectivity index (χ4n) is 4.65. The summed E-state index contributed by atoms with van der Waals surface area (Å²) in [7, 11) is 0. The molecule has 3 heterocycles. The van der Waals surface area contributed by atoms with Gasteiger partial charge in [-0.2, -0.15) is 4.68 Å². The molecule has 6 nitrogen and oxygen atoms in total. The van der Waals surface area contributed by atoms with Crippen molar-refractivity contribution in [3.05, 3.63) is 74.6 Å². The molecule has 2 aromatic rings. The number of allylic oxidation sites excluding steroid dienone is 4. The maximum absolute atomic E-state index is 13.5. The first-order chi connectivity index (χ1) is 13.5. The summed E-state index contributed by atoms with van der Waals surface area (Å²) in [6.07, 6.45) is 8.72. The van der Waals surface area contributed by atoms with E-state index in [9.17, 15) is 14.4 Å². The molecule has 0 spiro atoms. The lowest BCUT2D eigenvalue weighted by Crippen LogP contribution is -2.46. The number of nitrogens with zero attached hydrogens (tertiary/aromatic N) is 3. The minimum absolute atomic E-state index is 0.200. The number of rotatable bonds is 1. The summed E-state index contributed by atoms with van der Waals surface area (Å²) < 4.78 is 3.68. The number of alkyl halides is 1. The first-order valence-corrected chi connectivity index (χ1v) is 10.1. The predicted molar refractivity (Wildman–Crippen MR) is 106 cm³/mol. The monoisotopic (exact) mass is 397 g/mol. The number of halogens is 1. The molecular weight excluding hydrogens is 378 g/mol. The summed E-state index contributed by atoms with van der Waals surface area (Å²) in [6, 6.07) is 7.92. The number of ketones is 1. The van der Waals surface area contributed by atoms with Crippen molar-refractivity contribution in [2.24, 2.45) is 0 Å². The van der Waals surface area contributed by atoms with E-state index in [2.05, 4.69) is 0 Å². The van der Waals surface area contributed by atoms with Gasteiger partial charge in [-0.3, -0.25) is 4.79 Å². The summed E-state index contributed by atoms with van der Waals surface area (Å²) in [5.41, 5.74) is 0.981. The van der Waals surface area contributed by atoms with Gasteiger partial charge >= 0.3 is 11.4 Å². The van der Waals surface area contributed by atoms with Crippen LogP contribution in [0.15, 0.2) is 63.2 Å². The average molecular weight is 398 g/mol. The predicted octanol–water partition coefficient (Wildman–Crippen LogP) is 3.04. The van der Waals surface area contributed by atoms with E-state index in [1.165, 1.54) is 9.36 Å². The van der Waals surface area contributed by atoms with Crippen LogP contribution in [0.1, 0.15) is 44.6 Å². The highest BCUT2D eigenvalue weighted by molar-refractivity contribution is 6.26. The highest BCUT2D eigenvalue weighted by Gasteiger charge is 2.50. The Hall–Kier alpha value is -2.60. The second kappa shape index (κ2) is 6.21. The van der Waals surface area contributed by atoms with E-state index in [0.717, 1.165) is 35.8 Å². The Balaban J connectivity index is 1.85. The summed E-state index contributed by atoms with van der Waals surface area (Å²) in [5, 5.41) is 0. The van der Waals surface area contributed by atoms with Crippen molar-refractivity contribution in [2.45, 2.75) is 49.6 Å². The molecular formula is C21H20ClN3O3. The van der Waals surface area contributed by atoms with Crippen LogP contribution in [0.3, 0.4) is 0 Å². The lowest BCUT2D eigenvalue weighted by atomic mass is 9.92. The minimum Gasteiger partial charge on any atom is -0.292 e. The molecule has 28 heavy (non-hydrogen) atoms. The Morgan fingerprint density at radius 2 is 1.57 bits per heavy atom. The van der Waals surface area contributed by atoms with Crippen LogP contribution in [0.4, 0.5) is 0 Å². The second-order valence-electron chi connectivity index (χ2n) is 7.64. The first kappa shape index (κ1) is 17.5. The van der Waals surface area contributed by atoms with Gasteiger partial charge in [-0.15, -0.1) is 0 Å². The largest absolute Gasteiger partial charge is 0.354 e. The zero-order valence-corrected chi connectivity index (χ0v) is 16.1. The molecule has 1 aromatic heterocycles. The fourth-order valence-corrected chi connectivity index (χ4v) is 5.12. The van der Waals surface area contributed by atoms with Crippen molar-refractivity contribution < 1.29 is 4.79 Å². The van der Waals surface area contributed by atoms with Crippen LogP contribution >= 0.6 is 11.6 Å². The molecule has 0 unspecified atom stereocenters. The number of hydrogen-bond donors (Lipinski definition) is 0. The number of benzene rings is 1. The normalized spacial score (nSPS) is 26.5. The Morgan fingerprint density at radius 3 is 2.29 bits per heavy atom. The van der Waals surface area contributed by atoms with E-state index < -0.39 is 22.4 Å². The van der Waals surface area contributed by atoms with Crippen molar-refractivity contribution in [1.82, 2.24) is 13.9 Å². The molecule has 0 radical (unpaired) electrons. The van der Waals surface area contributed by atoms with E-state index in [1.54, 1.807) is 36.4 Å². The third-order valence-electron chi connectivity index (χ3n) is 6.01. The minimum atomic E-state index is -1.29. The molecule has 0 N–H and O–H groups in total. The molecule has 144 valence electrons. The van der Waals surface area contributed by atoms with Gasteiger partial charge in [-0.05, 0) is 61.1 Å². The molecule has 6 rings (SSSR count). The number of para-hydroxylation sites is 1. The molecule has 0 amide bonds. The Morgan fingerprint density at radius 1 is 0.893 bits per heavy atom. The third kappa shape index (κ3) is 2.24. The van der Waals surface area contributed by atoms with Gasteiger partial charge in [0.2, 0.25) is 0 Å². The van der Waals surface area contributed by atoms with Crippen LogP contribution in [0.25, 0.3) is 5.69 Å². The van der Waals surface area contributed by atoms with Gasteiger partial charge < -0.3 is 0 Å². The molecule has 7 heteroatoms. The van der Waals surface area contributed by atoms with Gasteiger partial charge in [-0.1, -0.05) is 42.6 Å². The molecule has 0 saturated heterocycles. The Labute approximate surface area is 166 Å². The van der Waals surface area contributed by atoms with Crippen LogP contribution in [0.2, 0.25) is 0 Å². The van der Waals surface area contributed by atoms with Crippen LogP contribution in [0, 0.1) is 0 Å². The third-order valence-corrected chi connectivity index (χ3v) is 6.65. The van der Waals surface area contributed by atoms with Crippen molar-refractivity contribution in [2.75, 3.05) is 0 Å². The van der Waals surface area contributed by atoms with E-state index >= 15 is 0 Å². The molecule has 1 aromatic carbocycles. The van der Waals surface area contributed by atoms with E-state index in [-0.39, 0.29) is 5.78 Å². The summed E-state index contributed by atoms with van der Waals surface area (Å²) in [5.74, 6) is -0.200. The van der Waals surface area contributed by atoms with Gasteiger partial charge in [0.25, 0.3) is 0 Å². The van der Waals surface area contributed by atoms with Gasteiger partial charge in [0.05, 0.1) is 5.69 Å². The maximum Gasteiger partial charge on any atom is 0.354 e. The van der Waals surface area contributed by atoms with Crippen LogP contribution < -0.4 is 11.4 Å². The van der Waals surface area contributed by atoms with E-state index in [1.807, 2.05) is 6.07 Å². The number of carbonyl (C=O) groups excluding carboxylic acids is 1. The zero-order chi connectivity index (χ0) is 19.5. The standard InChI is InChI=1S/C21H20ClN3O3/c22-21-14-8-4-1-2-5-9-15(21)13-18(26)17(12-14)24-19(27)23(20(28)25(21)24)16-10-6-3-7-11-16/h3,6-7,10-13,17H,1-2,4-5,8-9H2/t17-,21+/m1/s1. The average Bonchev–Trinajstić information content (AvgIpc) is 2.89. The van der Waals surface area contributed by atoms with E-state index in [4.69, 9.17) is 11.6 Å². The maximum atomic E-state index is 13.5. The molecule has 2 atom stereocenters. The molecule has 1 fully saturated rings. The molecule has 1 saturated carbocycles. The number of hydrogen-bond acceptors (Lipinski definition) is 3. The van der Waals surface area contributed by atoms with Gasteiger partial charge in [0.1, 0.15) is 6.04 Å². The number of carbonyl (C=O) groups is 1. The van der Waals surface area contributed by atoms with Gasteiger partial charge in [-0.25, -0.2) is 18.8 Å².